The average Bonchev–Trinajstić information content (AvgIpc) is 3.35. The van der Waals surface area contributed by atoms with Gasteiger partial charge in [0.15, 0.2) is 0 Å². The van der Waals surface area contributed by atoms with Gasteiger partial charge >= 0.3 is 0 Å². The minimum absolute atomic E-state index is 0.0636. The molecule has 3 heterocycles. The number of likely N-dealkylation sites (tertiary alicyclic amines) is 1. The van der Waals surface area contributed by atoms with Crippen LogP contribution in [0.4, 0.5) is 4.79 Å². The molecule has 7 nitrogen and oxygen atoms in total. The van der Waals surface area contributed by atoms with Gasteiger partial charge in [0.1, 0.15) is 28.9 Å². The number of nitrogens with zero attached hydrogens (tertiary/aromatic N) is 1. The first kappa shape index (κ1) is 24.5. The van der Waals surface area contributed by atoms with Gasteiger partial charge in [-0.05, 0) is 93.7 Å². The van der Waals surface area contributed by atoms with Crippen LogP contribution in [0.15, 0.2) is 33.6 Å². The van der Waals surface area contributed by atoms with Crippen LogP contribution in [-0.2, 0) is 11.3 Å². The van der Waals surface area contributed by atoms with Crippen LogP contribution in [0.5, 0.6) is 11.5 Å². The number of hydrogen-bond donors (Lipinski definition) is 2. The molecule has 3 aromatic rings. The van der Waals surface area contributed by atoms with E-state index in [1.807, 2.05) is 52.0 Å². The summed E-state index contributed by atoms with van der Waals surface area (Å²) in [6, 6.07) is 7.57. The molecule has 1 atom stereocenters. The first-order chi connectivity index (χ1) is 17.2. The standard InChI is InChI=1S/C28H30N2O5S/c1-15-16(2)26-24(17(3)25(15)31)22(18(4)34-26)14-30-11-5-6-21(13-30)35-20-9-7-19(8-10-20)12-23-27(32)29-28(33)36-23/h7-10,12,21,31H,5-6,11,13-14H2,1-4H3,(H,29,32,33)/b23-12+/t21-/m1/s1. The molecule has 0 bridgehead atoms. The number of hydrogen-bond acceptors (Lipinski definition) is 7. The summed E-state index contributed by atoms with van der Waals surface area (Å²) in [5, 5.41) is 13.6. The van der Waals surface area contributed by atoms with Gasteiger partial charge in [0.25, 0.3) is 11.1 Å². The van der Waals surface area contributed by atoms with Gasteiger partial charge in [-0.15, -0.1) is 0 Å². The van der Waals surface area contributed by atoms with E-state index in [1.165, 1.54) is 0 Å². The molecule has 0 unspecified atom stereocenters. The maximum absolute atomic E-state index is 11.8. The van der Waals surface area contributed by atoms with E-state index in [4.69, 9.17) is 9.15 Å². The molecule has 2 fully saturated rings. The Kier molecular flexibility index (Phi) is 6.57. The number of fused-ring (bicyclic) bond motifs is 1. The highest BCUT2D eigenvalue weighted by atomic mass is 32.2. The maximum atomic E-state index is 11.8. The van der Waals surface area contributed by atoms with Crippen molar-refractivity contribution in [1.29, 1.82) is 0 Å². The molecule has 0 saturated carbocycles. The first-order valence-corrected chi connectivity index (χ1v) is 13.0. The molecule has 2 aliphatic rings. The third kappa shape index (κ3) is 4.63. The number of imide groups is 1. The number of carbonyl (C=O) groups excluding carboxylic acids is 2. The van der Waals surface area contributed by atoms with Crippen LogP contribution in [0.3, 0.4) is 0 Å². The molecule has 0 spiro atoms. The van der Waals surface area contributed by atoms with Crippen molar-refractivity contribution in [3.63, 3.8) is 0 Å². The number of thioether (sulfide) groups is 1. The Morgan fingerprint density at radius 1 is 1.14 bits per heavy atom. The van der Waals surface area contributed by atoms with Crippen molar-refractivity contribution >= 4 is 40.0 Å². The fraction of sp³-hybridized carbons (Fsp3) is 0.357. The molecule has 5 rings (SSSR count). The minimum atomic E-state index is -0.357. The molecule has 2 aromatic carbocycles. The SMILES string of the molecule is Cc1oc2c(C)c(C)c(O)c(C)c2c1CN1CCC[C@@H](Oc2ccc(/C=C3/SC(=O)NC3=O)cc2)C1. The van der Waals surface area contributed by atoms with Crippen molar-refractivity contribution in [2.24, 2.45) is 0 Å². The number of rotatable bonds is 5. The number of piperidine rings is 1. The topological polar surface area (TPSA) is 92.0 Å². The van der Waals surface area contributed by atoms with Crippen LogP contribution in [0.25, 0.3) is 17.0 Å². The smallest absolute Gasteiger partial charge is 0.290 e. The fourth-order valence-electron chi connectivity index (χ4n) is 5.06. The van der Waals surface area contributed by atoms with Gasteiger partial charge in [-0.25, -0.2) is 0 Å². The summed E-state index contributed by atoms with van der Waals surface area (Å²) in [5.41, 5.74) is 5.57. The maximum Gasteiger partial charge on any atom is 0.290 e. The number of carbonyl (C=O) groups is 2. The van der Waals surface area contributed by atoms with Gasteiger partial charge in [0.2, 0.25) is 0 Å². The lowest BCUT2D eigenvalue weighted by Crippen LogP contribution is -2.40. The van der Waals surface area contributed by atoms with Gasteiger partial charge < -0.3 is 14.3 Å². The molecule has 8 heteroatoms. The lowest BCUT2D eigenvalue weighted by Gasteiger charge is -2.33. The number of phenols is 1. The predicted molar refractivity (Wildman–Crippen MR) is 141 cm³/mol. The molecule has 2 saturated heterocycles. The summed E-state index contributed by atoms with van der Waals surface area (Å²) >= 11 is 0.911. The Bertz CT molecular complexity index is 1390. The summed E-state index contributed by atoms with van der Waals surface area (Å²) in [5.74, 6) is 1.66. The second-order valence-electron chi connectivity index (χ2n) is 9.60. The van der Waals surface area contributed by atoms with E-state index in [2.05, 4.69) is 10.2 Å². The van der Waals surface area contributed by atoms with Crippen LogP contribution in [0, 0.1) is 27.7 Å². The zero-order valence-corrected chi connectivity index (χ0v) is 21.8. The quantitative estimate of drug-likeness (QED) is 0.426. The van der Waals surface area contributed by atoms with Crippen molar-refractivity contribution in [2.75, 3.05) is 13.1 Å². The third-order valence-corrected chi connectivity index (χ3v) is 7.97. The average molecular weight is 507 g/mol. The number of phenolic OH excluding ortho intramolecular Hbond substituents is 1. The molecule has 2 aliphatic heterocycles. The molecular weight excluding hydrogens is 476 g/mol. The monoisotopic (exact) mass is 506 g/mol. The molecule has 1 aromatic heterocycles. The summed E-state index contributed by atoms with van der Waals surface area (Å²) in [6.07, 6.45) is 3.78. The highest BCUT2D eigenvalue weighted by molar-refractivity contribution is 8.18. The second-order valence-corrected chi connectivity index (χ2v) is 10.6. The minimum Gasteiger partial charge on any atom is -0.507 e. The van der Waals surface area contributed by atoms with Crippen LogP contribution >= 0.6 is 11.8 Å². The number of nitrogens with one attached hydrogen (secondary N) is 1. The van der Waals surface area contributed by atoms with E-state index in [1.54, 1.807) is 6.08 Å². The Morgan fingerprint density at radius 3 is 2.58 bits per heavy atom. The summed E-state index contributed by atoms with van der Waals surface area (Å²) in [6.45, 7) is 10.4. The van der Waals surface area contributed by atoms with Crippen molar-refractivity contribution in [3.05, 3.63) is 62.7 Å². The largest absolute Gasteiger partial charge is 0.507 e. The van der Waals surface area contributed by atoms with Crippen molar-refractivity contribution < 1.29 is 23.8 Å². The van der Waals surface area contributed by atoms with Crippen LogP contribution in [-0.4, -0.2) is 40.3 Å². The van der Waals surface area contributed by atoms with Crippen LogP contribution < -0.4 is 10.1 Å². The van der Waals surface area contributed by atoms with Gasteiger partial charge in [0.05, 0.1) is 4.91 Å². The number of benzene rings is 2. The van der Waals surface area contributed by atoms with Gasteiger partial charge in [0, 0.05) is 29.6 Å². The summed E-state index contributed by atoms with van der Waals surface area (Å²) in [4.78, 5) is 25.9. The van der Waals surface area contributed by atoms with E-state index in [-0.39, 0.29) is 17.3 Å². The van der Waals surface area contributed by atoms with E-state index < -0.39 is 0 Å². The predicted octanol–water partition coefficient (Wildman–Crippen LogP) is 5.74. The normalized spacial score (nSPS) is 19.9. The number of aromatic hydroxyl groups is 1. The van der Waals surface area contributed by atoms with Crippen molar-refractivity contribution in [2.45, 2.75) is 53.2 Å². The highest BCUT2D eigenvalue weighted by Gasteiger charge is 2.27. The van der Waals surface area contributed by atoms with Crippen molar-refractivity contribution in [1.82, 2.24) is 10.2 Å². The van der Waals surface area contributed by atoms with Gasteiger partial charge in [-0.2, -0.15) is 0 Å². The summed E-state index contributed by atoms with van der Waals surface area (Å²) < 4.78 is 12.5. The zero-order valence-electron chi connectivity index (χ0n) is 20.9. The van der Waals surface area contributed by atoms with Crippen LogP contribution in [0.2, 0.25) is 0 Å². The Morgan fingerprint density at radius 2 is 1.89 bits per heavy atom. The van der Waals surface area contributed by atoms with Crippen molar-refractivity contribution in [3.8, 4) is 11.5 Å². The number of ether oxygens (including phenoxy) is 1. The number of amides is 2. The molecule has 0 radical (unpaired) electrons. The van der Waals surface area contributed by atoms with E-state index in [0.29, 0.717) is 10.7 Å². The van der Waals surface area contributed by atoms with Gasteiger partial charge in [-0.3, -0.25) is 19.8 Å². The highest BCUT2D eigenvalue weighted by Crippen LogP contribution is 2.39. The first-order valence-electron chi connectivity index (χ1n) is 12.2. The molecule has 188 valence electrons. The lowest BCUT2D eigenvalue weighted by molar-refractivity contribution is -0.115. The molecule has 2 amide bonds. The Hall–Kier alpha value is -3.23. The Labute approximate surface area is 214 Å². The second kappa shape index (κ2) is 9.67. The zero-order chi connectivity index (χ0) is 25.6. The van der Waals surface area contributed by atoms with Crippen LogP contribution in [0.1, 0.15) is 46.4 Å². The lowest BCUT2D eigenvalue weighted by atomic mass is 9.97. The molecule has 2 N–H and O–H groups in total. The Balaban J connectivity index is 1.28. The number of aryl methyl sites for hydroxylation is 3. The van der Waals surface area contributed by atoms with E-state index in [9.17, 15) is 14.7 Å². The fourth-order valence-corrected chi connectivity index (χ4v) is 5.74. The van der Waals surface area contributed by atoms with Gasteiger partial charge in [-0.1, -0.05) is 12.1 Å². The summed E-state index contributed by atoms with van der Waals surface area (Å²) in [7, 11) is 0. The number of furan rings is 1. The van der Waals surface area contributed by atoms with E-state index in [0.717, 1.165) is 94.5 Å². The van der Waals surface area contributed by atoms with E-state index >= 15 is 0 Å². The molecule has 0 aliphatic carbocycles. The molecule has 36 heavy (non-hydrogen) atoms. The molecular formula is C28H30N2O5S. The third-order valence-electron chi connectivity index (χ3n) is 7.16.